The van der Waals surface area contributed by atoms with Gasteiger partial charge in [0.25, 0.3) is 11.1 Å². The first-order valence-electron chi connectivity index (χ1n) is 29.2. The van der Waals surface area contributed by atoms with Crippen LogP contribution in [-0.2, 0) is 37.9 Å². The number of esters is 2. The number of aryl methyl sites for hydroxylation is 2. The third-order valence-corrected chi connectivity index (χ3v) is 16.6. The van der Waals surface area contributed by atoms with E-state index in [9.17, 15) is 39.9 Å². The lowest BCUT2D eigenvalue weighted by molar-refractivity contribution is -0.149. The van der Waals surface area contributed by atoms with Crippen LogP contribution in [0.1, 0.15) is 183 Å². The number of carbonyl (C=O) groups is 2. The minimum absolute atomic E-state index is 0.0249. The Morgan fingerprint density at radius 1 is 0.646 bits per heavy atom. The van der Waals surface area contributed by atoms with Gasteiger partial charge in [0.1, 0.15) is 35.5 Å². The van der Waals surface area contributed by atoms with Gasteiger partial charge in [0, 0.05) is 66.7 Å². The van der Waals surface area contributed by atoms with Gasteiger partial charge in [-0.05, 0) is 126 Å². The SMILES string of the molecule is CCCCC(CC)Cn1c(O)c(C#N)c(C)c(N=Nc2ccc(CSNCC(C)OC(=O)CCCCCCCCC(=O)OC(C)CNCSc3ccc(N=Nc4c(C)c(C#N)c(O)n(CC(CC)CCCC)c4=O)cc3C)c(C)c2)c1=O. The van der Waals surface area contributed by atoms with E-state index in [1.807, 2.05) is 76.2 Å². The molecule has 0 fully saturated rings. The van der Waals surface area contributed by atoms with Crippen LogP contribution < -0.4 is 21.2 Å². The van der Waals surface area contributed by atoms with Crippen molar-refractivity contribution in [2.24, 2.45) is 32.3 Å². The largest absolute Gasteiger partial charge is 0.493 e. The Labute approximate surface area is 494 Å². The zero-order valence-electron chi connectivity index (χ0n) is 50.1. The lowest BCUT2D eigenvalue weighted by Crippen LogP contribution is -2.28. The van der Waals surface area contributed by atoms with Crippen LogP contribution in [0.2, 0.25) is 0 Å². The molecule has 4 aromatic rings. The average molecular weight is 1170 g/mol. The minimum atomic E-state index is -0.468. The highest BCUT2D eigenvalue weighted by atomic mass is 32.2. The first-order valence-corrected chi connectivity index (χ1v) is 31.2. The fraction of sp³-hybridized carbons (Fsp3) is 0.581. The van der Waals surface area contributed by atoms with E-state index in [0.717, 1.165) is 111 Å². The van der Waals surface area contributed by atoms with Crippen LogP contribution >= 0.6 is 23.7 Å². The summed E-state index contributed by atoms with van der Waals surface area (Å²) in [4.78, 5) is 53.2. The molecule has 446 valence electrons. The number of hydrogen-bond acceptors (Lipinski definition) is 18. The van der Waals surface area contributed by atoms with Crippen LogP contribution in [0.15, 0.2) is 71.3 Å². The molecule has 2 aromatic carbocycles. The zero-order valence-corrected chi connectivity index (χ0v) is 51.7. The van der Waals surface area contributed by atoms with Gasteiger partial charge in [-0.15, -0.1) is 22.0 Å². The van der Waals surface area contributed by atoms with Gasteiger partial charge in [0.15, 0.2) is 11.4 Å². The fourth-order valence-electron chi connectivity index (χ4n) is 9.37. The predicted molar refractivity (Wildman–Crippen MR) is 327 cm³/mol. The Bertz CT molecular complexity index is 2800. The minimum Gasteiger partial charge on any atom is -0.493 e. The van der Waals surface area contributed by atoms with Crippen molar-refractivity contribution >= 4 is 58.4 Å². The summed E-state index contributed by atoms with van der Waals surface area (Å²) >= 11 is 3.12. The monoisotopic (exact) mass is 1160 g/mol. The van der Waals surface area contributed by atoms with Crippen molar-refractivity contribution in [2.45, 2.75) is 208 Å². The summed E-state index contributed by atoms with van der Waals surface area (Å²) in [6, 6.07) is 15.4. The number of benzene rings is 2. The number of pyridine rings is 2. The Kier molecular flexibility index (Phi) is 30.2. The van der Waals surface area contributed by atoms with E-state index in [2.05, 4.69) is 58.2 Å². The van der Waals surface area contributed by atoms with E-state index in [-0.39, 0.29) is 70.2 Å². The summed E-state index contributed by atoms with van der Waals surface area (Å²) < 4.78 is 17.1. The number of ether oxygens (including phenoxy) is 2. The predicted octanol–water partition coefficient (Wildman–Crippen LogP) is 14.7. The Hall–Kier alpha value is -6.32. The molecule has 0 saturated carbocycles. The number of aromatic nitrogens is 2. The molecule has 0 radical (unpaired) electrons. The standard InChI is InChI=1S/C62H88N10O8S2/c1-11-15-23-47(13-3)37-71-59(75)52(33-63)45(9)57(61(71)77)69-67-50-28-27-49(41(5)31-50)39-82-66-36-44(8)80-56(74)26-22-20-18-17-19-21-25-55(73)79-43(7)35-65-40-81-54-30-29-51(32-42(54)6)68-70-58-46(10)53(34-64)60(76)72(62(58)78)38-48(14-4)24-16-12-2/h27-32,43-44,47-48,65-66,75-76H,11-26,35-40H2,1-10H3. The highest BCUT2D eigenvalue weighted by molar-refractivity contribution is 7.99. The second-order valence-electron chi connectivity index (χ2n) is 21.3. The van der Waals surface area contributed by atoms with Gasteiger partial charge in [0.05, 0.1) is 11.4 Å². The first kappa shape index (κ1) is 68.2. The third-order valence-electron chi connectivity index (χ3n) is 14.7. The Balaban J connectivity index is 1.06. The molecule has 0 saturated heterocycles. The number of aromatic hydroxyl groups is 2. The number of rotatable bonds is 37. The molecule has 18 nitrogen and oxygen atoms in total. The fourth-order valence-corrected chi connectivity index (χ4v) is 11.1. The van der Waals surface area contributed by atoms with Gasteiger partial charge in [0.2, 0.25) is 11.8 Å². The van der Waals surface area contributed by atoms with Gasteiger partial charge in [-0.2, -0.15) is 20.8 Å². The molecule has 0 aliphatic carbocycles. The van der Waals surface area contributed by atoms with Gasteiger partial charge in [-0.3, -0.25) is 33.0 Å². The molecular formula is C62H88N10O8S2. The maximum atomic E-state index is 13.5. The molecule has 0 bridgehead atoms. The maximum Gasteiger partial charge on any atom is 0.306 e. The summed E-state index contributed by atoms with van der Waals surface area (Å²) in [6.45, 7) is 20.8. The van der Waals surface area contributed by atoms with Crippen LogP contribution in [0.25, 0.3) is 0 Å². The average Bonchev–Trinajstić information content (AvgIpc) is 2.68. The van der Waals surface area contributed by atoms with Crippen molar-refractivity contribution in [1.29, 1.82) is 10.5 Å². The van der Waals surface area contributed by atoms with E-state index in [1.165, 1.54) is 21.1 Å². The lowest BCUT2D eigenvalue weighted by atomic mass is 9.99. The van der Waals surface area contributed by atoms with Gasteiger partial charge < -0.3 is 25.0 Å². The highest BCUT2D eigenvalue weighted by Gasteiger charge is 2.23. The van der Waals surface area contributed by atoms with E-state index < -0.39 is 11.1 Å². The molecule has 0 aliphatic rings. The first-order chi connectivity index (χ1) is 39.4. The van der Waals surface area contributed by atoms with Crippen LogP contribution in [0.3, 0.4) is 0 Å². The van der Waals surface area contributed by atoms with Crippen LogP contribution in [-0.4, -0.2) is 62.5 Å². The number of nitriles is 2. The zero-order chi connectivity index (χ0) is 60.1. The van der Waals surface area contributed by atoms with Gasteiger partial charge in [-0.1, -0.05) is 110 Å². The maximum absolute atomic E-state index is 13.5. The normalized spacial score (nSPS) is 13.0. The number of nitrogens with zero attached hydrogens (tertiary/aromatic N) is 8. The third kappa shape index (κ3) is 21.5. The number of carbonyl (C=O) groups excluding carboxylic acids is 2. The lowest BCUT2D eigenvalue weighted by Gasteiger charge is -2.19. The van der Waals surface area contributed by atoms with Crippen molar-refractivity contribution in [3.8, 4) is 23.9 Å². The van der Waals surface area contributed by atoms with E-state index in [4.69, 9.17) is 9.47 Å². The van der Waals surface area contributed by atoms with Crippen LogP contribution in [0.5, 0.6) is 11.8 Å². The molecule has 4 N–H and O–H groups in total. The summed E-state index contributed by atoms with van der Waals surface area (Å²) in [6.07, 6.45) is 13.0. The van der Waals surface area contributed by atoms with E-state index >= 15 is 0 Å². The smallest absolute Gasteiger partial charge is 0.306 e. The topological polar surface area (TPSA) is 258 Å². The molecular weight excluding hydrogens is 1080 g/mol. The molecule has 0 spiro atoms. The highest BCUT2D eigenvalue weighted by Crippen LogP contribution is 2.32. The molecule has 2 heterocycles. The molecule has 20 heteroatoms. The summed E-state index contributed by atoms with van der Waals surface area (Å²) in [7, 11) is 0. The Morgan fingerprint density at radius 3 is 1.56 bits per heavy atom. The summed E-state index contributed by atoms with van der Waals surface area (Å²) in [5.41, 5.74) is 3.94. The molecule has 82 heavy (non-hydrogen) atoms. The van der Waals surface area contributed by atoms with Gasteiger partial charge in [-0.25, -0.2) is 0 Å². The van der Waals surface area contributed by atoms with Crippen molar-refractivity contribution in [3.05, 3.63) is 96.0 Å². The van der Waals surface area contributed by atoms with Crippen LogP contribution in [0.4, 0.5) is 22.7 Å². The number of azo groups is 2. The molecule has 0 amide bonds. The summed E-state index contributed by atoms with van der Waals surface area (Å²) in [5.74, 6) is 0.531. The molecule has 4 atom stereocenters. The van der Waals surface area contributed by atoms with Crippen molar-refractivity contribution in [2.75, 3.05) is 19.0 Å². The molecule has 2 aromatic heterocycles. The Morgan fingerprint density at radius 2 is 1.11 bits per heavy atom. The number of thioether (sulfide) groups is 1. The van der Waals surface area contributed by atoms with E-state index in [0.29, 0.717) is 73.2 Å². The number of nitrogens with one attached hydrogen (secondary N) is 2. The number of hydrogen-bond donors (Lipinski definition) is 4. The molecule has 4 unspecified atom stereocenters. The molecule has 0 aliphatic heterocycles. The van der Waals surface area contributed by atoms with Crippen molar-refractivity contribution in [1.82, 2.24) is 19.2 Å². The quantitative estimate of drug-likeness (QED) is 0.00818. The second kappa shape index (κ2) is 36.3. The van der Waals surface area contributed by atoms with Crippen molar-refractivity contribution < 1.29 is 29.3 Å². The van der Waals surface area contributed by atoms with Crippen LogP contribution in [0, 0.1) is 62.2 Å². The molecule has 4 rings (SSSR count). The van der Waals surface area contributed by atoms with E-state index in [1.54, 1.807) is 25.6 Å². The van der Waals surface area contributed by atoms with Crippen molar-refractivity contribution in [3.63, 3.8) is 0 Å². The number of unbranched alkanes of at least 4 members (excludes halogenated alkanes) is 7. The van der Waals surface area contributed by atoms with Gasteiger partial charge >= 0.3 is 11.9 Å². The second-order valence-corrected chi connectivity index (χ2v) is 23.2. The summed E-state index contributed by atoms with van der Waals surface area (Å²) in [5, 5.41) is 62.0.